The predicted molar refractivity (Wildman–Crippen MR) is 41.9 cm³/mol. The highest BCUT2D eigenvalue weighted by Gasteiger charge is 2.01. The van der Waals surface area contributed by atoms with Crippen molar-refractivity contribution in [3.8, 4) is 0 Å². The van der Waals surface area contributed by atoms with Crippen LogP contribution in [0.2, 0.25) is 0 Å². The Morgan fingerprint density at radius 2 is 2.33 bits per heavy atom. The fourth-order valence-electron chi connectivity index (χ4n) is 1.08. The number of nitrogens with zero attached hydrogens (tertiary/aromatic N) is 1. The third kappa shape index (κ3) is 1.06. The van der Waals surface area contributed by atoms with E-state index in [0.29, 0.717) is 0 Å². The number of hydrogen-bond acceptors (Lipinski definition) is 3. The molecule has 0 saturated heterocycles. The van der Waals surface area contributed by atoms with Gasteiger partial charge in [0.25, 0.3) is 0 Å². The van der Waals surface area contributed by atoms with Crippen LogP contribution >= 0.6 is 0 Å². The van der Waals surface area contributed by atoms with Crippen molar-refractivity contribution in [1.82, 2.24) is 10.2 Å². The van der Waals surface area contributed by atoms with Crippen LogP contribution in [-0.2, 0) is 0 Å². The summed E-state index contributed by atoms with van der Waals surface area (Å²) in [5.41, 5.74) is 1.13. The molecule has 3 N–H and O–H groups in total. The molecule has 1 unspecified atom stereocenters. The van der Waals surface area contributed by atoms with Crippen molar-refractivity contribution in [3.05, 3.63) is 29.6 Å². The molecular formula is C7H7N3O2. The number of H-pyrrole nitrogens is 1. The molecule has 0 spiro atoms. The third-order valence-electron chi connectivity index (χ3n) is 1.69. The van der Waals surface area contributed by atoms with Gasteiger partial charge in [-0.25, -0.2) is 5.21 Å². The van der Waals surface area contributed by atoms with E-state index in [0.717, 1.165) is 10.9 Å². The molecule has 5 heteroatoms. The Bertz CT molecular complexity index is 396. The smallest absolute Gasteiger partial charge is 0.164 e. The predicted octanol–water partition coefficient (Wildman–Crippen LogP) is -0.0337. The quantitative estimate of drug-likeness (QED) is 0.519. The van der Waals surface area contributed by atoms with Gasteiger partial charge in [-0.15, -0.1) is 0 Å². The molecule has 5 nitrogen and oxygen atoms in total. The van der Waals surface area contributed by atoms with Crippen molar-refractivity contribution >= 4 is 16.6 Å². The Balaban J connectivity index is 2.60. The fourth-order valence-corrected chi connectivity index (χ4v) is 1.08. The first-order valence-corrected chi connectivity index (χ1v) is 3.44. The van der Waals surface area contributed by atoms with Gasteiger partial charge in [0, 0.05) is 17.5 Å². The molecule has 2 aromatic rings. The molecule has 62 valence electrons. The Morgan fingerprint density at radius 3 is 3.08 bits per heavy atom. The molecule has 0 fully saturated rings. The lowest BCUT2D eigenvalue weighted by atomic mass is 10.2. The Hall–Kier alpha value is -1.43. The zero-order valence-corrected chi connectivity index (χ0v) is 6.11. The van der Waals surface area contributed by atoms with Gasteiger partial charge in [-0.2, -0.15) is 10.3 Å². The first-order valence-electron chi connectivity index (χ1n) is 3.44. The highest BCUT2D eigenvalue weighted by atomic mass is 16.8. The maximum absolute atomic E-state index is 10.5. The van der Waals surface area contributed by atoms with Gasteiger partial charge in [0.1, 0.15) is 0 Å². The Morgan fingerprint density at radius 1 is 1.50 bits per heavy atom. The van der Waals surface area contributed by atoms with Gasteiger partial charge in [-0.05, 0) is 6.07 Å². The summed E-state index contributed by atoms with van der Waals surface area (Å²) in [6.45, 7) is 0. The topological polar surface area (TPSA) is 76.4 Å². The second-order valence-electron chi connectivity index (χ2n) is 2.48. The average molecular weight is 165 g/mol. The van der Waals surface area contributed by atoms with E-state index in [-0.39, 0.29) is 5.69 Å². The van der Waals surface area contributed by atoms with Crippen molar-refractivity contribution in [2.45, 2.75) is 0 Å². The molecule has 0 aliphatic carbocycles. The van der Waals surface area contributed by atoms with Gasteiger partial charge < -0.3 is 5.21 Å². The first kappa shape index (κ1) is 7.23. The standard InChI is InChI=1S/C7H7N3O2/c11-10(12)6-1-2-7-5(3-6)4-8-9-7/h1-4,10-11H,(H,8,9). The summed E-state index contributed by atoms with van der Waals surface area (Å²) in [6.07, 6.45) is 1.60. The maximum Gasteiger partial charge on any atom is 0.164 e. The molecule has 0 saturated carbocycles. The van der Waals surface area contributed by atoms with E-state index in [2.05, 4.69) is 10.2 Å². The summed E-state index contributed by atoms with van der Waals surface area (Å²) >= 11 is 0. The largest absolute Gasteiger partial charge is 0.595 e. The summed E-state index contributed by atoms with van der Waals surface area (Å²) in [5, 5.41) is 25.6. The van der Waals surface area contributed by atoms with Crippen molar-refractivity contribution in [2.24, 2.45) is 0 Å². The van der Waals surface area contributed by atoms with E-state index >= 15 is 0 Å². The molecule has 0 amide bonds. The number of fused-ring (bicyclic) bond motifs is 1. The van der Waals surface area contributed by atoms with Crippen LogP contribution in [0.4, 0.5) is 5.69 Å². The number of nitrogens with one attached hydrogen (secondary N) is 2. The monoisotopic (exact) mass is 165 g/mol. The molecule has 0 bridgehead atoms. The summed E-state index contributed by atoms with van der Waals surface area (Å²) in [4.78, 5) is 0. The van der Waals surface area contributed by atoms with E-state index in [1.54, 1.807) is 24.4 Å². The molecule has 0 aliphatic heterocycles. The first-order chi connectivity index (χ1) is 5.77. The van der Waals surface area contributed by atoms with Crippen LogP contribution in [-0.4, -0.2) is 15.4 Å². The highest BCUT2D eigenvalue weighted by molar-refractivity contribution is 5.80. The van der Waals surface area contributed by atoms with Gasteiger partial charge in [-0.1, -0.05) is 0 Å². The summed E-state index contributed by atoms with van der Waals surface area (Å²) in [6, 6.07) is 4.83. The van der Waals surface area contributed by atoms with Crippen LogP contribution in [0.5, 0.6) is 0 Å². The van der Waals surface area contributed by atoms with Gasteiger partial charge in [0.05, 0.1) is 11.7 Å². The van der Waals surface area contributed by atoms with E-state index in [4.69, 9.17) is 5.21 Å². The van der Waals surface area contributed by atoms with E-state index < -0.39 is 5.23 Å². The molecule has 1 aromatic heterocycles. The van der Waals surface area contributed by atoms with Crippen LogP contribution in [0.15, 0.2) is 24.4 Å². The van der Waals surface area contributed by atoms with Crippen molar-refractivity contribution in [1.29, 1.82) is 0 Å². The minimum Gasteiger partial charge on any atom is -0.595 e. The zero-order chi connectivity index (χ0) is 8.55. The second-order valence-corrected chi connectivity index (χ2v) is 2.48. The van der Waals surface area contributed by atoms with E-state index in [9.17, 15) is 5.21 Å². The minimum atomic E-state index is -0.918. The van der Waals surface area contributed by atoms with E-state index in [1.807, 2.05) is 0 Å². The lowest BCUT2D eigenvalue weighted by Gasteiger charge is -2.10. The molecular weight excluding hydrogens is 158 g/mol. The number of aromatic nitrogens is 2. The molecule has 1 aromatic carbocycles. The van der Waals surface area contributed by atoms with Crippen LogP contribution in [0.1, 0.15) is 0 Å². The van der Waals surface area contributed by atoms with Crippen molar-refractivity contribution in [2.75, 3.05) is 0 Å². The number of benzene rings is 1. The third-order valence-corrected chi connectivity index (χ3v) is 1.69. The summed E-state index contributed by atoms with van der Waals surface area (Å²) < 4.78 is 0. The van der Waals surface area contributed by atoms with Gasteiger partial charge in [-0.3, -0.25) is 5.10 Å². The number of aromatic amines is 1. The molecule has 2 rings (SSSR count). The number of rotatable bonds is 1. The summed E-state index contributed by atoms with van der Waals surface area (Å²) in [7, 11) is 0. The van der Waals surface area contributed by atoms with Crippen LogP contribution in [0, 0.1) is 5.21 Å². The second kappa shape index (κ2) is 2.56. The molecule has 1 atom stereocenters. The Labute approximate surface area is 67.8 Å². The van der Waals surface area contributed by atoms with Crippen LogP contribution in [0.3, 0.4) is 0 Å². The maximum atomic E-state index is 10.5. The highest BCUT2D eigenvalue weighted by Crippen LogP contribution is 2.13. The summed E-state index contributed by atoms with van der Waals surface area (Å²) in [5.74, 6) is 0. The molecule has 0 radical (unpaired) electrons. The van der Waals surface area contributed by atoms with Crippen LogP contribution in [0.25, 0.3) is 10.9 Å². The fraction of sp³-hybridized carbons (Fsp3) is 0. The normalized spacial score (nSPS) is 13.5. The van der Waals surface area contributed by atoms with Gasteiger partial charge in [0.2, 0.25) is 0 Å². The van der Waals surface area contributed by atoms with Crippen molar-refractivity contribution < 1.29 is 10.4 Å². The molecule has 12 heavy (non-hydrogen) atoms. The van der Waals surface area contributed by atoms with Gasteiger partial charge >= 0.3 is 0 Å². The lowest BCUT2D eigenvalue weighted by molar-refractivity contribution is -0.991. The average Bonchev–Trinajstić information content (AvgIpc) is 2.49. The lowest BCUT2D eigenvalue weighted by Crippen LogP contribution is -2.99. The van der Waals surface area contributed by atoms with Gasteiger partial charge in [0.15, 0.2) is 5.69 Å². The molecule has 1 heterocycles. The zero-order valence-electron chi connectivity index (χ0n) is 6.11. The number of quaternary nitrogens is 1. The minimum absolute atomic E-state index is 0.281. The van der Waals surface area contributed by atoms with Crippen molar-refractivity contribution in [3.63, 3.8) is 0 Å². The van der Waals surface area contributed by atoms with E-state index in [1.165, 1.54) is 0 Å². The molecule has 0 aliphatic rings. The number of hydrogen-bond donors (Lipinski definition) is 3. The Kier molecular flexibility index (Phi) is 1.54. The van der Waals surface area contributed by atoms with Crippen LogP contribution < -0.4 is 5.23 Å². The SMILES string of the molecule is [O-][NH+](O)c1ccc2[nH]ncc2c1.